The number of aromatic amines is 1. The second kappa shape index (κ2) is 5.89. The van der Waals surface area contributed by atoms with Gasteiger partial charge in [0.25, 0.3) is 5.91 Å². The molecule has 1 aromatic carbocycles. The molecule has 0 unspecified atom stereocenters. The number of nitrogens with one attached hydrogen (secondary N) is 2. The largest absolute Gasteiger partial charge is 0.319 e. The molecule has 0 atom stereocenters. The Morgan fingerprint density at radius 2 is 1.95 bits per heavy atom. The Morgan fingerprint density at radius 1 is 1.19 bits per heavy atom. The molecule has 4 nitrogen and oxygen atoms in total. The number of carbonyl (C=O) groups excluding carboxylic acids is 1. The van der Waals surface area contributed by atoms with Crippen LogP contribution in [0.15, 0.2) is 42.7 Å². The smallest absolute Gasteiger partial charge is 0.265 e. The van der Waals surface area contributed by atoms with Crippen LogP contribution in [0, 0.1) is 0 Å². The lowest BCUT2D eigenvalue weighted by molar-refractivity contribution is 0.103. The van der Waals surface area contributed by atoms with E-state index >= 15 is 0 Å². The van der Waals surface area contributed by atoms with Crippen LogP contribution >= 0.6 is 34.5 Å². The van der Waals surface area contributed by atoms with Gasteiger partial charge >= 0.3 is 0 Å². The van der Waals surface area contributed by atoms with E-state index in [4.69, 9.17) is 23.2 Å². The third-order valence-corrected chi connectivity index (χ3v) is 4.30. The number of halogens is 2. The molecule has 0 aliphatic carbocycles. The molecule has 2 heterocycles. The number of hydrogen-bond acceptors (Lipinski definition) is 3. The minimum Gasteiger partial charge on any atom is -0.319 e. The molecular weight excluding hydrogens is 329 g/mol. The average molecular weight is 338 g/mol. The second-order valence-corrected chi connectivity index (χ2v) is 6.22. The van der Waals surface area contributed by atoms with Crippen molar-refractivity contribution in [1.82, 2.24) is 10.2 Å². The summed E-state index contributed by atoms with van der Waals surface area (Å²) >= 11 is 13.4. The molecular formula is C14H9Cl2N3OS. The molecule has 7 heteroatoms. The van der Waals surface area contributed by atoms with Gasteiger partial charge in [0.15, 0.2) is 0 Å². The Bertz CT molecular complexity index is 763. The predicted molar refractivity (Wildman–Crippen MR) is 86.3 cm³/mol. The van der Waals surface area contributed by atoms with Crippen molar-refractivity contribution < 1.29 is 4.79 Å². The lowest BCUT2D eigenvalue weighted by Crippen LogP contribution is -2.09. The van der Waals surface area contributed by atoms with Crippen molar-refractivity contribution in [2.45, 2.75) is 0 Å². The topological polar surface area (TPSA) is 57.8 Å². The molecule has 3 rings (SSSR count). The summed E-state index contributed by atoms with van der Waals surface area (Å²) in [7, 11) is 0. The molecule has 0 aliphatic heterocycles. The zero-order chi connectivity index (χ0) is 14.8. The summed E-state index contributed by atoms with van der Waals surface area (Å²) in [5.41, 5.74) is 1.51. The van der Waals surface area contributed by atoms with Crippen molar-refractivity contribution in [2.24, 2.45) is 0 Å². The Labute approximate surface area is 134 Å². The van der Waals surface area contributed by atoms with Crippen LogP contribution in [-0.2, 0) is 0 Å². The van der Waals surface area contributed by atoms with E-state index in [9.17, 15) is 4.79 Å². The van der Waals surface area contributed by atoms with E-state index in [0.717, 1.165) is 10.4 Å². The van der Waals surface area contributed by atoms with Crippen LogP contribution in [0.25, 0.3) is 10.4 Å². The summed E-state index contributed by atoms with van der Waals surface area (Å²) in [6, 6.07) is 8.95. The highest BCUT2D eigenvalue weighted by molar-refractivity contribution is 7.17. The van der Waals surface area contributed by atoms with Gasteiger partial charge in [0.05, 0.1) is 16.8 Å². The summed E-state index contributed by atoms with van der Waals surface area (Å²) in [5.74, 6) is -0.180. The fraction of sp³-hybridized carbons (Fsp3) is 0. The molecule has 0 radical (unpaired) electrons. The Hall–Kier alpha value is -1.82. The third-order valence-electron chi connectivity index (χ3n) is 2.73. The number of H-pyrrole nitrogens is 1. The van der Waals surface area contributed by atoms with Gasteiger partial charge in [-0.1, -0.05) is 23.2 Å². The van der Waals surface area contributed by atoms with Gasteiger partial charge in [-0.3, -0.25) is 9.89 Å². The van der Waals surface area contributed by atoms with Crippen LogP contribution < -0.4 is 5.32 Å². The van der Waals surface area contributed by atoms with Gasteiger partial charge in [-0.15, -0.1) is 11.3 Å². The zero-order valence-electron chi connectivity index (χ0n) is 10.6. The summed E-state index contributed by atoms with van der Waals surface area (Å²) in [4.78, 5) is 13.6. The molecule has 106 valence electrons. The number of anilines is 1. The molecule has 2 N–H and O–H groups in total. The molecule has 0 fully saturated rings. The summed E-state index contributed by atoms with van der Waals surface area (Å²) in [5, 5.41) is 10.3. The van der Waals surface area contributed by atoms with Crippen molar-refractivity contribution >= 4 is 46.1 Å². The van der Waals surface area contributed by atoms with Crippen molar-refractivity contribution in [3.05, 3.63) is 57.6 Å². The summed E-state index contributed by atoms with van der Waals surface area (Å²) < 4.78 is 0. The number of carbonyl (C=O) groups is 1. The van der Waals surface area contributed by atoms with Crippen LogP contribution in [0.2, 0.25) is 10.0 Å². The van der Waals surface area contributed by atoms with Crippen LogP contribution in [-0.4, -0.2) is 16.1 Å². The number of hydrogen-bond donors (Lipinski definition) is 2. The van der Waals surface area contributed by atoms with E-state index in [0.29, 0.717) is 20.6 Å². The fourth-order valence-electron chi connectivity index (χ4n) is 1.82. The highest BCUT2D eigenvalue weighted by atomic mass is 35.5. The van der Waals surface area contributed by atoms with E-state index in [2.05, 4.69) is 15.5 Å². The van der Waals surface area contributed by atoms with Crippen LogP contribution in [0.3, 0.4) is 0 Å². The summed E-state index contributed by atoms with van der Waals surface area (Å²) in [6.45, 7) is 0. The summed E-state index contributed by atoms with van der Waals surface area (Å²) in [6.07, 6.45) is 3.16. The second-order valence-electron chi connectivity index (χ2n) is 4.26. The lowest BCUT2D eigenvalue weighted by Gasteiger charge is -2.00. The number of nitrogens with zero attached hydrogens (tertiary/aromatic N) is 1. The maximum Gasteiger partial charge on any atom is 0.265 e. The third kappa shape index (κ3) is 3.26. The van der Waals surface area contributed by atoms with Gasteiger partial charge in [0.2, 0.25) is 0 Å². The highest BCUT2D eigenvalue weighted by Gasteiger charge is 2.11. The number of thiophene rings is 1. The van der Waals surface area contributed by atoms with Gasteiger partial charge in [0, 0.05) is 21.1 Å². The van der Waals surface area contributed by atoms with Crippen molar-refractivity contribution in [2.75, 3.05) is 5.32 Å². The number of rotatable bonds is 3. The minimum atomic E-state index is -0.180. The van der Waals surface area contributed by atoms with Crippen LogP contribution in [0.4, 0.5) is 5.69 Å². The number of aromatic nitrogens is 2. The fourth-order valence-corrected chi connectivity index (χ4v) is 3.24. The zero-order valence-corrected chi connectivity index (χ0v) is 12.9. The van der Waals surface area contributed by atoms with Crippen LogP contribution in [0.1, 0.15) is 9.67 Å². The van der Waals surface area contributed by atoms with Crippen molar-refractivity contribution in [3.8, 4) is 10.4 Å². The van der Waals surface area contributed by atoms with Gasteiger partial charge in [-0.05, 0) is 35.9 Å². The van der Waals surface area contributed by atoms with E-state index in [1.54, 1.807) is 24.5 Å². The van der Waals surface area contributed by atoms with E-state index in [1.807, 2.05) is 18.2 Å². The van der Waals surface area contributed by atoms with Crippen molar-refractivity contribution in [3.63, 3.8) is 0 Å². The average Bonchev–Trinajstić information content (AvgIpc) is 3.08. The molecule has 0 spiro atoms. The minimum absolute atomic E-state index is 0.180. The number of benzene rings is 1. The molecule has 0 aliphatic rings. The SMILES string of the molecule is O=C(Nc1cn[nH]c1)c1ccc(-c2cc(Cl)cc(Cl)c2)s1. The maximum atomic E-state index is 12.1. The first-order chi connectivity index (χ1) is 10.1. The van der Waals surface area contributed by atoms with Gasteiger partial charge in [-0.2, -0.15) is 5.10 Å². The standard InChI is InChI=1S/C14H9Cl2N3OS/c15-9-3-8(4-10(16)5-9)12-1-2-13(21-12)14(20)19-11-6-17-18-7-11/h1-7H,(H,17,18)(H,19,20). The molecule has 0 saturated carbocycles. The Balaban J connectivity index is 1.84. The molecule has 0 saturated heterocycles. The molecule has 0 bridgehead atoms. The van der Waals surface area contributed by atoms with E-state index < -0.39 is 0 Å². The van der Waals surface area contributed by atoms with Crippen LogP contribution in [0.5, 0.6) is 0 Å². The van der Waals surface area contributed by atoms with Crippen molar-refractivity contribution in [1.29, 1.82) is 0 Å². The van der Waals surface area contributed by atoms with E-state index in [1.165, 1.54) is 11.3 Å². The lowest BCUT2D eigenvalue weighted by atomic mass is 10.2. The number of amides is 1. The molecule has 1 amide bonds. The highest BCUT2D eigenvalue weighted by Crippen LogP contribution is 2.32. The maximum absolute atomic E-state index is 12.1. The Morgan fingerprint density at radius 3 is 2.62 bits per heavy atom. The normalized spacial score (nSPS) is 10.6. The van der Waals surface area contributed by atoms with Gasteiger partial charge in [-0.25, -0.2) is 0 Å². The van der Waals surface area contributed by atoms with Gasteiger partial charge in [0.1, 0.15) is 0 Å². The first-order valence-electron chi connectivity index (χ1n) is 5.98. The van der Waals surface area contributed by atoms with E-state index in [-0.39, 0.29) is 5.91 Å². The predicted octanol–water partition coefficient (Wildman–Crippen LogP) is 4.70. The monoisotopic (exact) mass is 337 g/mol. The molecule has 3 aromatic rings. The molecule has 2 aromatic heterocycles. The Kier molecular flexibility index (Phi) is 3.96. The first-order valence-corrected chi connectivity index (χ1v) is 7.55. The van der Waals surface area contributed by atoms with Gasteiger partial charge < -0.3 is 5.32 Å². The molecule has 21 heavy (non-hydrogen) atoms. The first kappa shape index (κ1) is 14.1. The quantitative estimate of drug-likeness (QED) is 0.727.